The molecular formula is C19H20ClN3O4. The minimum Gasteiger partial charge on any atom is -0.444 e. The van der Waals surface area contributed by atoms with Crippen LogP contribution < -0.4 is 16.2 Å². The van der Waals surface area contributed by atoms with Crippen molar-refractivity contribution in [2.24, 2.45) is 0 Å². The molecular weight excluding hydrogens is 370 g/mol. The van der Waals surface area contributed by atoms with Gasteiger partial charge in [0.1, 0.15) is 5.60 Å². The van der Waals surface area contributed by atoms with Crippen molar-refractivity contribution in [2.75, 3.05) is 5.32 Å². The Labute approximate surface area is 162 Å². The summed E-state index contributed by atoms with van der Waals surface area (Å²) in [7, 11) is 0. The van der Waals surface area contributed by atoms with Gasteiger partial charge in [0.15, 0.2) is 0 Å². The third-order valence-electron chi connectivity index (χ3n) is 3.19. The molecule has 0 spiro atoms. The molecule has 8 heteroatoms. The molecule has 2 aromatic rings. The smallest absolute Gasteiger partial charge is 0.412 e. The summed E-state index contributed by atoms with van der Waals surface area (Å²) < 4.78 is 5.15. The summed E-state index contributed by atoms with van der Waals surface area (Å²) >= 11 is 5.76. The van der Waals surface area contributed by atoms with E-state index < -0.39 is 23.5 Å². The lowest BCUT2D eigenvalue weighted by molar-refractivity contribution is 0.0635. The Kier molecular flexibility index (Phi) is 6.41. The van der Waals surface area contributed by atoms with E-state index in [1.807, 2.05) is 0 Å². The number of rotatable bonds is 3. The lowest BCUT2D eigenvalue weighted by Gasteiger charge is -2.19. The van der Waals surface area contributed by atoms with Crippen LogP contribution in [0, 0.1) is 0 Å². The van der Waals surface area contributed by atoms with Gasteiger partial charge < -0.3 is 4.74 Å². The molecule has 0 aromatic heterocycles. The Hall–Kier alpha value is -3.06. The quantitative estimate of drug-likeness (QED) is 0.696. The summed E-state index contributed by atoms with van der Waals surface area (Å²) in [4.78, 5) is 35.8. The second-order valence-electron chi connectivity index (χ2n) is 6.62. The van der Waals surface area contributed by atoms with Crippen molar-refractivity contribution in [1.82, 2.24) is 10.9 Å². The minimum atomic E-state index is -0.605. The lowest BCUT2D eigenvalue weighted by atomic mass is 10.2. The summed E-state index contributed by atoms with van der Waals surface area (Å²) in [6, 6.07) is 12.4. The average Bonchev–Trinajstić information content (AvgIpc) is 2.59. The Bertz CT molecular complexity index is 828. The molecule has 0 aliphatic rings. The fourth-order valence-electron chi connectivity index (χ4n) is 1.99. The molecule has 0 fully saturated rings. The van der Waals surface area contributed by atoms with Crippen molar-refractivity contribution in [3.05, 3.63) is 64.7 Å². The van der Waals surface area contributed by atoms with E-state index in [-0.39, 0.29) is 0 Å². The first-order valence-corrected chi connectivity index (χ1v) is 8.48. The standard InChI is InChI=1S/C19H20ClN3O4/c1-19(2,3)27-18(26)21-15-10-6-13(7-11-15)17(25)23-22-16(24)12-4-8-14(20)9-5-12/h4-11H,1-3H3,(H,21,26)(H,22,24)(H,23,25). The zero-order valence-corrected chi connectivity index (χ0v) is 15.9. The van der Waals surface area contributed by atoms with Gasteiger partial charge in [-0.3, -0.25) is 25.8 Å². The molecule has 0 bridgehead atoms. The number of hydrogen-bond acceptors (Lipinski definition) is 4. The summed E-state index contributed by atoms with van der Waals surface area (Å²) in [6.45, 7) is 5.29. The topological polar surface area (TPSA) is 96.5 Å². The number of hydrazine groups is 1. The number of nitrogens with one attached hydrogen (secondary N) is 3. The van der Waals surface area contributed by atoms with E-state index in [0.29, 0.717) is 21.8 Å². The van der Waals surface area contributed by atoms with Crippen LogP contribution >= 0.6 is 11.6 Å². The summed E-state index contributed by atoms with van der Waals surface area (Å²) in [5.74, 6) is -0.968. The molecule has 7 nitrogen and oxygen atoms in total. The largest absolute Gasteiger partial charge is 0.444 e. The van der Waals surface area contributed by atoms with Gasteiger partial charge in [-0.1, -0.05) is 11.6 Å². The Morgan fingerprint density at radius 2 is 1.26 bits per heavy atom. The highest BCUT2D eigenvalue weighted by atomic mass is 35.5. The first-order valence-electron chi connectivity index (χ1n) is 8.10. The van der Waals surface area contributed by atoms with Gasteiger partial charge in [-0.05, 0) is 69.3 Å². The Morgan fingerprint density at radius 3 is 1.70 bits per heavy atom. The predicted octanol–water partition coefficient (Wildman–Crippen LogP) is 3.76. The number of ether oxygens (including phenoxy) is 1. The van der Waals surface area contributed by atoms with E-state index in [4.69, 9.17) is 16.3 Å². The van der Waals surface area contributed by atoms with E-state index in [0.717, 1.165) is 0 Å². The van der Waals surface area contributed by atoms with E-state index >= 15 is 0 Å². The van der Waals surface area contributed by atoms with Gasteiger partial charge in [-0.2, -0.15) is 0 Å². The highest BCUT2D eigenvalue weighted by Gasteiger charge is 2.16. The summed E-state index contributed by atoms with van der Waals surface area (Å²) in [6.07, 6.45) is -0.588. The maximum atomic E-state index is 12.1. The van der Waals surface area contributed by atoms with Crippen molar-refractivity contribution < 1.29 is 19.1 Å². The number of anilines is 1. The van der Waals surface area contributed by atoms with Crippen molar-refractivity contribution >= 4 is 35.2 Å². The van der Waals surface area contributed by atoms with Crippen LogP contribution in [0.2, 0.25) is 5.02 Å². The molecule has 27 heavy (non-hydrogen) atoms. The third kappa shape index (κ3) is 6.63. The molecule has 0 aliphatic carbocycles. The second-order valence-corrected chi connectivity index (χ2v) is 7.06. The van der Waals surface area contributed by atoms with Gasteiger partial charge in [0.2, 0.25) is 0 Å². The predicted molar refractivity (Wildman–Crippen MR) is 103 cm³/mol. The van der Waals surface area contributed by atoms with Crippen molar-refractivity contribution in [3.63, 3.8) is 0 Å². The molecule has 0 aliphatic heterocycles. The van der Waals surface area contributed by atoms with E-state index in [1.54, 1.807) is 57.2 Å². The second kappa shape index (κ2) is 8.55. The van der Waals surface area contributed by atoms with Crippen LogP contribution in [-0.2, 0) is 4.74 Å². The van der Waals surface area contributed by atoms with Gasteiger partial charge in [0, 0.05) is 21.8 Å². The molecule has 2 aromatic carbocycles. The van der Waals surface area contributed by atoms with Crippen LogP contribution in [0.4, 0.5) is 10.5 Å². The summed E-state index contributed by atoms with van der Waals surface area (Å²) in [5.41, 5.74) is 5.17. The number of halogens is 1. The SMILES string of the molecule is CC(C)(C)OC(=O)Nc1ccc(C(=O)NNC(=O)c2ccc(Cl)cc2)cc1. The normalized spacial score (nSPS) is 10.7. The summed E-state index contributed by atoms with van der Waals surface area (Å²) in [5, 5.41) is 3.08. The van der Waals surface area contributed by atoms with Crippen molar-refractivity contribution in [2.45, 2.75) is 26.4 Å². The Morgan fingerprint density at radius 1 is 0.815 bits per heavy atom. The van der Waals surface area contributed by atoms with E-state index in [2.05, 4.69) is 16.2 Å². The van der Waals surface area contributed by atoms with E-state index in [9.17, 15) is 14.4 Å². The van der Waals surface area contributed by atoms with Gasteiger partial charge in [-0.25, -0.2) is 4.79 Å². The number of carbonyl (C=O) groups excluding carboxylic acids is 3. The fourth-order valence-corrected chi connectivity index (χ4v) is 2.11. The zero-order valence-electron chi connectivity index (χ0n) is 15.1. The van der Waals surface area contributed by atoms with Crippen molar-refractivity contribution in [1.29, 1.82) is 0 Å². The maximum Gasteiger partial charge on any atom is 0.412 e. The molecule has 0 saturated heterocycles. The van der Waals surface area contributed by atoms with Crippen LogP contribution in [-0.4, -0.2) is 23.5 Å². The number of amides is 3. The first-order chi connectivity index (χ1) is 12.6. The highest BCUT2D eigenvalue weighted by Crippen LogP contribution is 2.13. The van der Waals surface area contributed by atoms with Crippen LogP contribution in [0.15, 0.2) is 48.5 Å². The van der Waals surface area contributed by atoms with Crippen LogP contribution in [0.5, 0.6) is 0 Å². The highest BCUT2D eigenvalue weighted by molar-refractivity contribution is 6.30. The first kappa shape index (κ1) is 20.3. The minimum absolute atomic E-state index is 0.307. The molecule has 0 atom stereocenters. The maximum absolute atomic E-state index is 12.1. The molecule has 3 amide bonds. The van der Waals surface area contributed by atoms with Gasteiger partial charge in [0.05, 0.1) is 0 Å². The van der Waals surface area contributed by atoms with Gasteiger partial charge in [-0.15, -0.1) is 0 Å². The van der Waals surface area contributed by atoms with Crippen LogP contribution in [0.25, 0.3) is 0 Å². The lowest BCUT2D eigenvalue weighted by Crippen LogP contribution is -2.41. The monoisotopic (exact) mass is 389 g/mol. The number of carbonyl (C=O) groups is 3. The van der Waals surface area contributed by atoms with Crippen LogP contribution in [0.1, 0.15) is 41.5 Å². The number of hydrogen-bond donors (Lipinski definition) is 3. The number of benzene rings is 2. The van der Waals surface area contributed by atoms with Crippen molar-refractivity contribution in [3.8, 4) is 0 Å². The Balaban J connectivity index is 1.88. The molecule has 0 radical (unpaired) electrons. The molecule has 0 saturated carbocycles. The van der Waals surface area contributed by atoms with E-state index in [1.165, 1.54) is 12.1 Å². The molecule has 2 rings (SSSR count). The fraction of sp³-hybridized carbons (Fsp3) is 0.211. The van der Waals surface area contributed by atoms with Gasteiger partial charge >= 0.3 is 6.09 Å². The molecule has 3 N–H and O–H groups in total. The molecule has 142 valence electrons. The van der Waals surface area contributed by atoms with Crippen LogP contribution in [0.3, 0.4) is 0 Å². The molecule has 0 unspecified atom stereocenters. The third-order valence-corrected chi connectivity index (χ3v) is 3.44. The average molecular weight is 390 g/mol. The zero-order chi connectivity index (χ0) is 20.0. The van der Waals surface area contributed by atoms with Gasteiger partial charge in [0.25, 0.3) is 11.8 Å². The molecule has 0 heterocycles.